The van der Waals surface area contributed by atoms with E-state index < -0.39 is 24.5 Å². The van der Waals surface area contributed by atoms with E-state index in [1.807, 2.05) is 32.9 Å². The Morgan fingerprint density at radius 3 is 2.33 bits per heavy atom. The molecule has 118 valence electrons. The summed E-state index contributed by atoms with van der Waals surface area (Å²) in [6.45, 7) is 5.42. The fourth-order valence-corrected chi connectivity index (χ4v) is 1.96. The summed E-state index contributed by atoms with van der Waals surface area (Å²) in [6, 6.07) is 7.13. The molecule has 1 aromatic carbocycles. The molecule has 0 saturated heterocycles. The summed E-state index contributed by atoms with van der Waals surface area (Å²) < 4.78 is 38.6. The van der Waals surface area contributed by atoms with Gasteiger partial charge in [-0.3, -0.25) is 0 Å². The maximum Gasteiger partial charge on any atom is 0.400 e. The minimum atomic E-state index is -4.58. The van der Waals surface area contributed by atoms with Crippen molar-refractivity contribution in [3.8, 4) is 0 Å². The van der Waals surface area contributed by atoms with Crippen LogP contribution in [0.4, 0.5) is 18.9 Å². The van der Waals surface area contributed by atoms with Crippen LogP contribution >= 0.6 is 0 Å². The molecule has 4 nitrogen and oxygen atoms in total. The van der Waals surface area contributed by atoms with Crippen LogP contribution in [0.2, 0.25) is 0 Å². The van der Waals surface area contributed by atoms with E-state index in [-0.39, 0.29) is 5.41 Å². The van der Waals surface area contributed by atoms with E-state index in [2.05, 4.69) is 10.5 Å². The standard InChI is InChI=1S/C14H20F3N3O/c1-13(2,3)9-6-4-5-7-11(9)19-8-10(12(18)20-21)14(15,16)17/h4-7,10,19,21H,8H2,1-3H3,(H2,18,20). The van der Waals surface area contributed by atoms with Crippen molar-refractivity contribution in [3.05, 3.63) is 29.8 Å². The molecule has 0 saturated carbocycles. The number of anilines is 1. The van der Waals surface area contributed by atoms with E-state index in [0.29, 0.717) is 5.69 Å². The largest absolute Gasteiger partial charge is 0.409 e. The molecule has 0 fully saturated rings. The van der Waals surface area contributed by atoms with Gasteiger partial charge in [0, 0.05) is 12.2 Å². The summed E-state index contributed by atoms with van der Waals surface area (Å²) in [5.74, 6) is -2.90. The number of hydrogen-bond donors (Lipinski definition) is 3. The molecule has 0 heterocycles. The Morgan fingerprint density at radius 2 is 1.86 bits per heavy atom. The summed E-state index contributed by atoms with van der Waals surface area (Å²) >= 11 is 0. The summed E-state index contributed by atoms with van der Waals surface area (Å²) in [4.78, 5) is 0. The molecule has 0 amide bonds. The van der Waals surface area contributed by atoms with Crippen molar-refractivity contribution in [2.24, 2.45) is 16.8 Å². The van der Waals surface area contributed by atoms with Gasteiger partial charge in [0.25, 0.3) is 0 Å². The van der Waals surface area contributed by atoms with E-state index in [4.69, 9.17) is 10.9 Å². The van der Waals surface area contributed by atoms with Crippen LogP contribution in [0.1, 0.15) is 26.3 Å². The number of nitrogens with two attached hydrogens (primary N) is 1. The Labute approximate surface area is 121 Å². The Kier molecular flexibility index (Phi) is 5.09. The van der Waals surface area contributed by atoms with Crippen LogP contribution < -0.4 is 11.1 Å². The van der Waals surface area contributed by atoms with Gasteiger partial charge in [-0.2, -0.15) is 13.2 Å². The number of nitrogens with one attached hydrogen (secondary N) is 1. The van der Waals surface area contributed by atoms with E-state index in [1.54, 1.807) is 12.1 Å². The van der Waals surface area contributed by atoms with Crippen LogP contribution in [0.3, 0.4) is 0 Å². The summed E-state index contributed by atoms with van der Waals surface area (Å²) in [7, 11) is 0. The zero-order valence-corrected chi connectivity index (χ0v) is 12.2. The first-order valence-corrected chi connectivity index (χ1v) is 6.45. The minimum absolute atomic E-state index is 0.214. The van der Waals surface area contributed by atoms with E-state index in [1.165, 1.54) is 0 Å². The molecule has 1 rings (SSSR count). The van der Waals surface area contributed by atoms with E-state index in [9.17, 15) is 13.2 Å². The molecule has 1 atom stereocenters. The minimum Gasteiger partial charge on any atom is -0.409 e. The predicted octanol–water partition coefficient (Wildman–Crippen LogP) is 3.32. The van der Waals surface area contributed by atoms with Crippen molar-refractivity contribution < 1.29 is 18.4 Å². The number of rotatable bonds is 4. The summed E-state index contributed by atoms with van der Waals surface area (Å²) in [6.07, 6.45) is -4.58. The van der Waals surface area contributed by atoms with Crippen LogP contribution in [0, 0.1) is 5.92 Å². The molecular weight excluding hydrogens is 283 g/mol. The van der Waals surface area contributed by atoms with Crippen LogP contribution in [0.15, 0.2) is 29.4 Å². The quantitative estimate of drug-likeness (QED) is 0.346. The fourth-order valence-electron chi connectivity index (χ4n) is 1.96. The second kappa shape index (κ2) is 6.24. The molecule has 7 heteroatoms. The van der Waals surface area contributed by atoms with Gasteiger partial charge in [-0.15, -0.1) is 0 Å². The first-order valence-electron chi connectivity index (χ1n) is 6.45. The third-order valence-corrected chi connectivity index (χ3v) is 3.10. The van der Waals surface area contributed by atoms with Crippen LogP contribution in [0.25, 0.3) is 0 Å². The van der Waals surface area contributed by atoms with Gasteiger partial charge in [0.2, 0.25) is 0 Å². The highest BCUT2D eigenvalue weighted by Crippen LogP contribution is 2.31. The maximum absolute atomic E-state index is 12.9. The lowest BCUT2D eigenvalue weighted by Gasteiger charge is -2.25. The highest BCUT2D eigenvalue weighted by atomic mass is 19.4. The number of benzene rings is 1. The zero-order chi connectivity index (χ0) is 16.3. The van der Waals surface area contributed by atoms with Gasteiger partial charge >= 0.3 is 6.18 Å². The first kappa shape index (κ1) is 17.1. The van der Waals surface area contributed by atoms with Gasteiger partial charge in [-0.05, 0) is 17.0 Å². The van der Waals surface area contributed by atoms with Crippen LogP contribution in [0.5, 0.6) is 0 Å². The molecule has 0 radical (unpaired) electrons. The number of oxime groups is 1. The number of halogens is 3. The lowest BCUT2D eigenvalue weighted by atomic mass is 9.85. The fraction of sp³-hybridized carbons (Fsp3) is 0.500. The Bertz CT molecular complexity index is 507. The molecule has 21 heavy (non-hydrogen) atoms. The van der Waals surface area contributed by atoms with Crippen LogP contribution in [-0.2, 0) is 5.41 Å². The van der Waals surface area contributed by atoms with Crippen LogP contribution in [-0.4, -0.2) is 23.8 Å². The highest BCUT2D eigenvalue weighted by molar-refractivity contribution is 5.83. The smallest absolute Gasteiger partial charge is 0.400 e. The van der Waals surface area contributed by atoms with Crippen molar-refractivity contribution in [1.29, 1.82) is 0 Å². The first-order chi connectivity index (χ1) is 9.57. The van der Waals surface area contributed by atoms with Crippen molar-refractivity contribution in [1.82, 2.24) is 0 Å². The topological polar surface area (TPSA) is 70.6 Å². The zero-order valence-electron chi connectivity index (χ0n) is 12.2. The number of alkyl halides is 3. The third kappa shape index (κ3) is 4.54. The maximum atomic E-state index is 12.9. The Hall–Kier alpha value is -1.92. The number of para-hydroxylation sites is 1. The van der Waals surface area contributed by atoms with Crippen molar-refractivity contribution in [2.75, 3.05) is 11.9 Å². The molecule has 1 aromatic rings. The average Bonchev–Trinajstić information content (AvgIpc) is 2.36. The van der Waals surface area contributed by atoms with Gasteiger partial charge in [-0.1, -0.05) is 44.1 Å². The lowest BCUT2D eigenvalue weighted by Crippen LogP contribution is -2.40. The molecule has 0 spiro atoms. The van der Waals surface area contributed by atoms with Gasteiger partial charge in [-0.25, -0.2) is 0 Å². The van der Waals surface area contributed by atoms with Gasteiger partial charge < -0.3 is 16.3 Å². The molecule has 0 bridgehead atoms. The predicted molar refractivity (Wildman–Crippen MR) is 76.6 cm³/mol. The number of amidine groups is 1. The molecule has 4 N–H and O–H groups in total. The van der Waals surface area contributed by atoms with E-state index >= 15 is 0 Å². The van der Waals surface area contributed by atoms with Gasteiger partial charge in [0.05, 0.1) is 0 Å². The monoisotopic (exact) mass is 303 g/mol. The second-order valence-corrected chi connectivity index (χ2v) is 5.80. The molecule has 0 aliphatic rings. The molecular formula is C14H20F3N3O. The number of nitrogens with zero attached hydrogens (tertiary/aromatic N) is 1. The summed E-state index contributed by atoms with van der Waals surface area (Å²) in [5, 5.41) is 13.7. The van der Waals surface area contributed by atoms with Gasteiger partial charge in [0.1, 0.15) is 5.92 Å². The van der Waals surface area contributed by atoms with Crippen molar-refractivity contribution in [2.45, 2.75) is 32.4 Å². The van der Waals surface area contributed by atoms with E-state index in [0.717, 1.165) is 5.56 Å². The third-order valence-electron chi connectivity index (χ3n) is 3.10. The van der Waals surface area contributed by atoms with Gasteiger partial charge in [0.15, 0.2) is 5.84 Å². The normalized spacial score (nSPS) is 14.9. The highest BCUT2D eigenvalue weighted by Gasteiger charge is 2.42. The number of hydrogen-bond acceptors (Lipinski definition) is 3. The van der Waals surface area contributed by atoms with Crippen molar-refractivity contribution in [3.63, 3.8) is 0 Å². The SMILES string of the molecule is CC(C)(C)c1ccccc1NCC(/C(N)=N/O)C(F)(F)F. The Morgan fingerprint density at radius 1 is 1.29 bits per heavy atom. The summed E-state index contributed by atoms with van der Waals surface area (Å²) in [5.41, 5.74) is 6.41. The van der Waals surface area contributed by atoms with Crippen molar-refractivity contribution >= 4 is 11.5 Å². The molecule has 1 unspecified atom stereocenters. The second-order valence-electron chi connectivity index (χ2n) is 5.80. The Balaban J connectivity index is 2.97. The molecule has 0 aliphatic carbocycles. The average molecular weight is 303 g/mol. The molecule has 0 aliphatic heterocycles. The molecule has 0 aromatic heterocycles. The lowest BCUT2D eigenvalue weighted by molar-refractivity contribution is -0.152.